The highest BCUT2D eigenvalue weighted by atomic mass is 16.2. The van der Waals surface area contributed by atoms with Crippen LogP contribution in [-0.2, 0) is 9.59 Å². The first-order chi connectivity index (χ1) is 9.56. The Bertz CT molecular complexity index is 434. The van der Waals surface area contributed by atoms with Crippen molar-refractivity contribution in [3.63, 3.8) is 0 Å². The van der Waals surface area contributed by atoms with Crippen molar-refractivity contribution in [3.05, 3.63) is 29.8 Å². The minimum absolute atomic E-state index is 0.0894. The van der Waals surface area contributed by atoms with E-state index in [1.165, 1.54) is 0 Å². The first kappa shape index (κ1) is 16.2. The molecule has 0 saturated carbocycles. The number of hydrogen-bond donors (Lipinski definition) is 1. The average Bonchev–Trinajstić information content (AvgIpc) is 2.41. The molecule has 0 aliphatic rings. The molecule has 0 atom stereocenters. The number of nitrogens with one attached hydrogen (secondary N) is 1. The summed E-state index contributed by atoms with van der Waals surface area (Å²) >= 11 is 0. The molecule has 0 fully saturated rings. The lowest BCUT2D eigenvalue weighted by molar-refractivity contribution is -0.134. The summed E-state index contributed by atoms with van der Waals surface area (Å²) in [5, 5.41) is 2.75. The van der Waals surface area contributed by atoms with Gasteiger partial charge < -0.3 is 10.2 Å². The van der Waals surface area contributed by atoms with Crippen molar-refractivity contribution in [1.82, 2.24) is 4.90 Å². The molecule has 4 heteroatoms. The minimum atomic E-state index is -0.254. The van der Waals surface area contributed by atoms with Gasteiger partial charge in [0.2, 0.25) is 11.8 Å². The monoisotopic (exact) mass is 276 g/mol. The molecular weight excluding hydrogens is 252 g/mol. The van der Waals surface area contributed by atoms with E-state index in [2.05, 4.69) is 5.32 Å². The lowest BCUT2D eigenvalue weighted by Gasteiger charge is -2.21. The number of carbonyl (C=O) groups is 2. The maximum atomic E-state index is 12.0. The molecule has 1 aromatic rings. The van der Waals surface area contributed by atoms with Gasteiger partial charge in [0.05, 0.1) is 0 Å². The number of nitrogens with zero attached hydrogens (tertiary/aromatic N) is 1. The van der Waals surface area contributed by atoms with Crippen LogP contribution in [0.3, 0.4) is 0 Å². The number of amides is 2. The zero-order valence-corrected chi connectivity index (χ0v) is 12.6. The summed E-state index contributed by atoms with van der Waals surface area (Å²) in [6.07, 6.45) is 1.73. The van der Waals surface area contributed by atoms with Gasteiger partial charge in [-0.1, -0.05) is 31.5 Å². The van der Waals surface area contributed by atoms with Gasteiger partial charge in [-0.05, 0) is 31.9 Å². The molecule has 0 radical (unpaired) electrons. The molecule has 0 bridgehead atoms. The van der Waals surface area contributed by atoms with Crippen LogP contribution in [0.25, 0.3) is 0 Å². The summed E-state index contributed by atoms with van der Waals surface area (Å²) < 4.78 is 0. The Kier molecular flexibility index (Phi) is 6.77. The zero-order chi connectivity index (χ0) is 15.0. The summed E-state index contributed by atoms with van der Waals surface area (Å²) in [5.41, 5.74) is 1.86. The second kappa shape index (κ2) is 8.35. The van der Waals surface area contributed by atoms with Gasteiger partial charge in [-0.3, -0.25) is 9.59 Å². The quantitative estimate of drug-likeness (QED) is 0.778. The highest BCUT2D eigenvalue weighted by Gasteiger charge is 2.15. The standard InChI is InChI=1S/C16H24N2O2/c1-4-10-18(11-5-2)16(20)12-15(19)17-14-8-6-13(3)7-9-14/h6-9H,4-5,10-12H2,1-3H3,(H,17,19). The van der Waals surface area contributed by atoms with Crippen LogP contribution in [0.5, 0.6) is 0 Å². The fourth-order valence-corrected chi connectivity index (χ4v) is 1.99. The summed E-state index contributed by atoms with van der Waals surface area (Å²) in [5.74, 6) is -0.352. The highest BCUT2D eigenvalue weighted by Crippen LogP contribution is 2.09. The molecule has 4 nitrogen and oxygen atoms in total. The highest BCUT2D eigenvalue weighted by molar-refractivity contribution is 6.03. The Morgan fingerprint density at radius 1 is 1.05 bits per heavy atom. The van der Waals surface area contributed by atoms with Crippen molar-refractivity contribution in [1.29, 1.82) is 0 Å². The number of benzene rings is 1. The Morgan fingerprint density at radius 2 is 1.60 bits per heavy atom. The smallest absolute Gasteiger partial charge is 0.233 e. The third-order valence-corrected chi connectivity index (χ3v) is 2.99. The molecule has 0 spiro atoms. The van der Waals surface area contributed by atoms with E-state index < -0.39 is 0 Å². The van der Waals surface area contributed by atoms with Crippen LogP contribution < -0.4 is 5.32 Å². The second-order valence-electron chi connectivity index (χ2n) is 4.97. The fraction of sp³-hybridized carbons (Fsp3) is 0.500. The summed E-state index contributed by atoms with van der Waals surface area (Å²) in [6, 6.07) is 7.54. The Morgan fingerprint density at radius 3 is 2.10 bits per heavy atom. The Labute approximate surface area is 121 Å². The van der Waals surface area contributed by atoms with Gasteiger partial charge >= 0.3 is 0 Å². The number of rotatable bonds is 7. The molecule has 1 N–H and O–H groups in total. The maximum absolute atomic E-state index is 12.0. The SMILES string of the molecule is CCCN(CCC)C(=O)CC(=O)Nc1ccc(C)cc1. The lowest BCUT2D eigenvalue weighted by atomic mass is 10.2. The molecular formula is C16H24N2O2. The predicted molar refractivity (Wildman–Crippen MR) is 81.6 cm³/mol. The van der Waals surface area contributed by atoms with E-state index in [1.807, 2.05) is 45.0 Å². The molecule has 0 aromatic heterocycles. The molecule has 0 aliphatic carbocycles. The van der Waals surface area contributed by atoms with Gasteiger partial charge in [0.1, 0.15) is 6.42 Å². The van der Waals surface area contributed by atoms with Gasteiger partial charge in [-0.15, -0.1) is 0 Å². The average molecular weight is 276 g/mol. The second-order valence-corrected chi connectivity index (χ2v) is 4.97. The molecule has 20 heavy (non-hydrogen) atoms. The summed E-state index contributed by atoms with van der Waals surface area (Å²) in [4.78, 5) is 25.7. The largest absolute Gasteiger partial charge is 0.342 e. The molecule has 0 unspecified atom stereocenters. The van der Waals surface area contributed by atoms with Crippen molar-refractivity contribution < 1.29 is 9.59 Å². The molecule has 0 heterocycles. The Balaban J connectivity index is 2.51. The van der Waals surface area contributed by atoms with Gasteiger partial charge in [-0.2, -0.15) is 0 Å². The fourth-order valence-electron chi connectivity index (χ4n) is 1.99. The van der Waals surface area contributed by atoms with E-state index in [-0.39, 0.29) is 18.2 Å². The third kappa shape index (κ3) is 5.43. The van der Waals surface area contributed by atoms with Gasteiger partial charge in [0.25, 0.3) is 0 Å². The van der Waals surface area contributed by atoms with Crippen LogP contribution in [0.1, 0.15) is 38.7 Å². The molecule has 110 valence electrons. The number of carbonyl (C=O) groups excluding carboxylic acids is 2. The third-order valence-electron chi connectivity index (χ3n) is 2.99. The maximum Gasteiger partial charge on any atom is 0.233 e. The topological polar surface area (TPSA) is 49.4 Å². The van der Waals surface area contributed by atoms with E-state index in [9.17, 15) is 9.59 Å². The van der Waals surface area contributed by atoms with E-state index >= 15 is 0 Å². The molecule has 2 amide bonds. The summed E-state index contributed by atoms with van der Waals surface area (Å²) in [7, 11) is 0. The molecule has 0 aliphatic heterocycles. The minimum Gasteiger partial charge on any atom is -0.342 e. The van der Waals surface area contributed by atoms with E-state index in [0.717, 1.165) is 24.1 Å². The normalized spacial score (nSPS) is 10.2. The van der Waals surface area contributed by atoms with Crippen LogP contribution in [0.4, 0.5) is 5.69 Å². The van der Waals surface area contributed by atoms with E-state index in [1.54, 1.807) is 4.90 Å². The van der Waals surface area contributed by atoms with E-state index in [4.69, 9.17) is 0 Å². The summed E-state index contributed by atoms with van der Waals surface area (Å²) in [6.45, 7) is 7.47. The molecule has 1 rings (SSSR count). The van der Waals surface area contributed by atoms with E-state index in [0.29, 0.717) is 13.1 Å². The van der Waals surface area contributed by atoms with Crippen molar-refractivity contribution >= 4 is 17.5 Å². The lowest BCUT2D eigenvalue weighted by Crippen LogP contribution is -2.35. The van der Waals surface area contributed by atoms with Crippen molar-refractivity contribution in [2.75, 3.05) is 18.4 Å². The number of aryl methyl sites for hydroxylation is 1. The van der Waals surface area contributed by atoms with Crippen molar-refractivity contribution in [2.45, 2.75) is 40.0 Å². The van der Waals surface area contributed by atoms with Crippen molar-refractivity contribution in [3.8, 4) is 0 Å². The zero-order valence-electron chi connectivity index (χ0n) is 12.6. The molecule has 1 aromatic carbocycles. The first-order valence-corrected chi connectivity index (χ1v) is 7.21. The molecule has 0 saturated heterocycles. The number of anilines is 1. The van der Waals surface area contributed by atoms with Crippen LogP contribution >= 0.6 is 0 Å². The van der Waals surface area contributed by atoms with Crippen LogP contribution in [-0.4, -0.2) is 29.8 Å². The van der Waals surface area contributed by atoms with Crippen molar-refractivity contribution in [2.24, 2.45) is 0 Å². The van der Waals surface area contributed by atoms with Crippen LogP contribution in [0.15, 0.2) is 24.3 Å². The first-order valence-electron chi connectivity index (χ1n) is 7.21. The van der Waals surface area contributed by atoms with Gasteiger partial charge in [0.15, 0.2) is 0 Å². The van der Waals surface area contributed by atoms with Crippen LogP contribution in [0.2, 0.25) is 0 Å². The van der Waals surface area contributed by atoms with Gasteiger partial charge in [-0.25, -0.2) is 0 Å². The number of hydrogen-bond acceptors (Lipinski definition) is 2. The van der Waals surface area contributed by atoms with Crippen LogP contribution in [0, 0.1) is 6.92 Å². The predicted octanol–water partition coefficient (Wildman–Crippen LogP) is 2.97. The van der Waals surface area contributed by atoms with Gasteiger partial charge in [0, 0.05) is 18.8 Å². The Hall–Kier alpha value is -1.84.